The predicted molar refractivity (Wildman–Crippen MR) is 123 cm³/mol. The van der Waals surface area contributed by atoms with Gasteiger partial charge in [0, 0.05) is 0 Å². The van der Waals surface area contributed by atoms with Gasteiger partial charge in [0.25, 0.3) is 0 Å². The molecule has 168 valence electrons. The van der Waals surface area contributed by atoms with E-state index in [1.807, 2.05) is 0 Å². The van der Waals surface area contributed by atoms with E-state index in [0.29, 0.717) is 0 Å². The standard InChI is InChI=1S/2C9H13.C4H10N.C2H7Si.2ClH.Ti/c2*1-6-5-7(2)9(4)8(6)3;1-4(2,3)5;1-3-2;;;/h2*5H,1-4H3;5H,1-3H3;3H,1-2H3;2*1H;/q;;-1;;;;+1/p-2. The van der Waals surface area contributed by atoms with Gasteiger partial charge in [-0.05, 0) is 0 Å². The molecule has 5 heteroatoms. The first-order valence-electron chi connectivity index (χ1n) is 10.6. The SMILES string of the molecule is CC1=C[C](C)([Ti]([NH]C(C)(C)C)([SiH](C)C)[C]2(C)C=C(C)C(C)=C2C)C(C)=C1C.[Cl-].[Cl-]. The molecule has 0 aromatic carbocycles. The number of allylic oxidation sites excluding steroid dienone is 8. The van der Waals surface area contributed by atoms with Crippen LogP contribution >= 0.6 is 0 Å². The van der Waals surface area contributed by atoms with Crippen molar-refractivity contribution in [2.75, 3.05) is 0 Å². The molecule has 0 aromatic heterocycles. The van der Waals surface area contributed by atoms with Crippen LogP contribution in [-0.2, 0) is 16.1 Å². The first kappa shape index (κ1) is 29.4. The largest absolute Gasteiger partial charge is 1.00 e. The maximum Gasteiger partial charge on any atom is -1.00 e. The zero-order chi connectivity index (χ0) is 21.2. The van der Waals surface area contributed by atoms with Gasteiger partial charge in [-0.15, -0.1) is 0 Å². The molecule has 0 amide bonds. The minimum Gasteiger partial charge on any atom is -1.00 e. The Morgan fingerprint density at radius 3 is 1.24 bits per heavy atom. The molecule has 29 heavy (non-hydrogen) atoms. The molecule has 2 unspecified atom stereocenters. The Bertz CT molecular complexity index is 733. The van der Waals surface area contributed by atoms with Crippen molar-refractivity contribution < 1.29 is 40.9 Å². The molecule has 2 aliphatic rings. The topological polar surface area (TPSA) is 12.0 Å². The fourth-order valence-electron chi connectivity index (χ4n) is 6.22. The summed E-state index contributed by atoms with van der Waals surface area (Å²) in [5.41, 5.74) is 9.43. The second-order valence-corrected chi connectivity index (χ2v) is 28.3. The summed E-state index contributed by atoms with van der Waals surface area (Å²) in [6, 6.07) is 0. The summed E-state index contributed by atoms with van der Waals surface area (Å²) in [5.74, 6) is 0. The molecule has 2 aliphatic carbocycles. The summed E-state index contributed by atoms with van der Waals surface area (Å²) in [7, 11) is 0. The van der Waals surface area contributed by atoms with Gasteiger partial charge in [-0.1, -0.05) is 0 Å². The molecule has 1 N–H and O–H groups in total. The maximum atomic E-state index is 4.47. The third kappa shape index (κ3) is 4.24. The van der Waals surface area contributed by atoms with Gasteiger partial charge in [0.1, 0.15) is 0 Å². The van der Waals surface area contributed by atoms with Gasteiger partial charge in [0.05, 0.1) is 0 Å². The average Bonchev–Trinajstić information content (AvgIpc) is 2.85. The van der Waals surface area contributed by atoms with E-state index >= 15 is 0 Å². The summed E-state index contributed by atoms with van der Waals surface area (Å²) in [6.45, 7) is 30.7. The van der Waals surface area contributed by atoms with Gasteiger partial charge in [0.15, 0.2) is 0 Å². The maximum absolute atomic E-state index is 4.47. The molecule has 0 heterocycles. The van der Waals surface area contributed by atoms with Crippen LogP contribution in [0.2, 0.25) is 20.5 Å². The summed E-state index contributed by atoms with van der Waals surface area (Å²) < 4.78 is 4.86. The Hall–Kier alpha value is 0.431. The van der Waals surface area contributed by atoms with E-state index in [2.05, 4.69) is 105 Å². The molecular weight excluding hydrogens is 449 g/mol. The monoisotopic (exact) mass is 491 g/mol. The van der Waals surface area contributed by atoms with E-state index < -0.39 is 22.8 Å². The zero-order valence-electron chi connectivity index (χ0n) is 21.0. The van der Waals surface area contributed by atoms with Crippen LogP contribution in [0.1, 0.15) is 76.2 Å². The molecule has 0 bridgehead atoms. The number of halogens is 2. The molecule has 2 atom stereocenters. The molecule has 0 radical (unpaired) electrons. The van der Waals surface area contributed by atoms with Crippen LogP contribution in [0.25, 0.3) is 0 Å². The van der Waals surface area contributed by atoms with Crippen LogP contribution in [-0.4, -0.2) is 12.2 Å². The van der Waals surface area contributed by atoms with Crippen LogP contribution in [0.3, 0.4) is 0 Å². The van der Waals surface area contributed by atoms with Crippen molar-refractivity contribution in [2.24, 2.45) is 0 Å². The fourth-order valence-corrected chi connectivity index (χ4v) is 33.9. The quantitative estimate of drug-likeness (QED) is 0.586. The number of nitrogens with one attached hydrogen (secondary N) is 1. The fraction of sp³-hybridized carbons (Fsp3) is 0.667. The van der Waals surface area contributed by atoms with Crippen LogP contribution in [0.4, 0.5) is 0 Å². The number of rotatable bonds is 4. The molecule has 0 spiro atoms. The van der Waals surface area contributed by atoms with E-state index in [9.17, 15) is 0 Å². The Kier molecular flexibility index (Phi) is 9.26. The first-order valence-corrected chi connectivity index (χ1v) is 18.5. The van der Waals surface area contributed by atoms with Gasteiger partial charge in [-0.25, -0.2) is 0 Å². The first-order chi connectivity index (χ1) is 12.0. The van der Waals surface area contributed by atoms with Crippen molar-refractivity contribution in [3.63, 3.8) is 0 Å². The van der Waals surface area contributed by atoms with Gasteiger partial charge >= 0.3 is 174 Å². The molecule has 0 aliphatic heterocycles. The Balaban J connectivity index is 0.00000392. The normalized spacial score (nSPS) is 29.4. The van der Waals surface area contributed by atoms with E-state index in [0.717, 1.165) is 0 Å². The van der Waals surface area contributed by atoms with Crippen molar-refractivity contribution in [1.82, 2.24) is 3.80 Å². The minimum atomic E-state index is -2.79. The van der Waals surface area contributed by atoms with Gasteiger partial charge in [-0.2, -0.15) is 0 Å². The Labute approximate surface area is 198 Å². The average molecular weight is 492 g/mol. The van der Waals surface area contributed by atoms with E-state index in [4.69, 9.17) is 0 Å². The van der Waals surface area contributed by atoms with Gasteiger partial charge in [0.2, 0.25) is 0 Å². The van der Waals surface area contributed by atoms with E-state index in [1.54, 1.807) is 11.1 Å². The van der Waals surface area contributed by atoms with Gasteiger partial charge < -0.3 is 24.8 Å². The summed E-state index contributed by atoms with van der Waals surface area (Å²) in [5, 5.41) is 0. The van der Waals surface area contributed by atoms with Crippen molar-refractivity contribution in [1.29, 1.82) is 0 Å². The van der Waals surface area contributed by atoms with Crippen molar-refractivity contribution >= 4 is 6.66 Å². The van der Waals surface area contributed by atoms with Crippen molar-refractivity contribution in [3.05, 3.63) is 45.6 Å². The molecular formula is C24H43Cl2NSiTi-2. The summed E-state index contributed by atoms with van der Waals surface area (Å²) in [6.07, 6.45) is 5.33. The van der Waals surface area contributed by atoms with Crippen LogP contribution in [0.5, 0.6) is 0 Å². The third-order valence-electron chi connectivity index (χ3n) is 7.95. The molecule has 0 saturated carbocycles. The van der Waals surface area contributed by atoms with Gasteiger partial charge in [-0.3, -0.25) is 0 Å². The second-order valence-electron chi connectivity index (χ2n) is 10.9. The summed E-state index contributed by atoms with van der Waals surface area (Å²) in [4.78, 5) is 0. The zero-order valence-corrected chi connectivity index (χ0v) is 25.2. The molecule has 0 aromatic rings. The molecule has 2 rings (SSSR count). The Morgan fingerprint density at radius 2 is 1.07 bits per heavy atom. The van der Waals surface area contributed by atoms with E-state index in [1.165, 1.54) is 22.3 Å². The number of hydrogen-bond donors (Lipinski definition) is 1. The van der Waals surface area contributed by atoms with E-state index in [-0.39, 0.29) is 37.8 Å². The molecule has 1 nitrogen and oxygen atoms in total. The van der Waals surface area contributed by atoms with Crippen molar-refractivity contribution in [2.45, 2.75) is 102 Å². The number of hydrogen-bond acceptors (Lipinski definition) is 1. The van der Waals surface area contributed by atoms with Crippen molar-refractivity contribution in [3.8, 4) is 0 Å². The van der Waals surface area contributed by atoms with Crippen LogP contribution < -0.4 is 28.6 Å². The van der Waals surface area contributed by atoms with Crippen LogP contribution in [0.15, 0.2) is 45.6 Å². The second kappa shape index (κ2) is 9.12. The molecule has 0 fully saturated rings. The molecule has 0 saturated heterocycles. The third-order valence-corrected chi connectivity index (χ3v) is 31.9. The minimum absolute atomic E-state index is 0. The predicted octanol–water partition coefficient (Wildman–Crippen LogP) is 1.38. The Morgan fingerprint density at radius 1 is 0.759 bits per heavy atom. The summed E-state index contributed by atoms with van der Waals surface area (Å²) >= 11 is -2.79. The smallest absolute Gasteiger partial charge is 1.00 e. The van der Waals surface area contributed by atoms with Crippen LogP contribution in [0, 0.1) is 0 Å².